The van der Waals surface area contributed by atoms with Crippen LogP contribution >= 0.6 is 0 Å². The lowest BCUT2D eigenvalue weighted by molar-refractivity contribution is -0.137. The molecule has 0 amide bonds. The predicted octanol–water partition coefficient (Wildman–Crippen LogP) is 1.01. The lowest BCUT2D eigenvalue weighted by Gasteiger charge is -2.19. The summed E-state index contributed by atoms with van der Waals surface area (Å²) in [5.74, 6) is 0.0580. The first-order chi connectivity index (χ1) is 7.27. The Balaban J connectivity index is 1.63. The summed E-state index contributed by atoms with van der Waals surface area (Å²) in [5, 5.41) is 11.9. The fourth-order valence-electron chi connectivity index (χ4n) is 2.25. The molecule has 0 spiro atoms. The summed E-state index contributed by atoms with van der Waals surface area (Å²) in [4.78, 5) is 10.3. The van der Waals surface area contributed by atoms with Gasteiger partial charge in [-0.25, -0.2) is 0 Å². The topological polar surface area (TPSA) is 58.6 Å². The van der Waals surface area contributed by atoms with E-state index in [0.717, 1.165) is 25.5 Å². The fraction of sp³-hybridized carbons (Fsp3) is 0.909. The van der Waals surface area contributed by atoms with Crippen LogP contribution in [0.15, 0.2) is 0 Å². The van der Waals surface area contributed by atoms with Crippen LogP contribution in [0.5, 0.6) is 0 Å². The molecule has 2 fully saturated rings. The van der Waals surface area contributed by atoms with Gasteiger partial charge in [0.1, 0.15) is 0 Å². The van der Waals surface area contributed by atoms with Gasteiger partial charge < -0.3 is 15.2 Å². The molecular formula is C11H19NO3. The average Bonchev–Trinajstić information content (AvgIpc) is 2.93. The highest BCUT2D eigenvalue weighted by Gasteiger charge is 2.40. The van der Waals surface area contributed by atoms with Crippen molar-refractivity contribution >= 4 is 5.97 Å². The highest BCUT2D eigenvalue weighted by Crippen LogP contribution is 2.38. The Hall–Kier alpha value is -0.610. The number of ether oxygens (including phenoxy) is 1. The smallest absolute Gasteiger partial charge is 0.303 e. The molecule has 1 aliphatic carbocycles. The van der Waals surface area contributed by atoms with Crippen molar-refractivity contribution in [1.82, 2.24) is 5.32 Å². The Bertz CT molecular complexity index is 228. The third-order valence-electron chi connectivity index (χ3n) is 3.20. The van der Waals surface area contributed by atoms with Gasteiger partial charge in [0, 0.05) is 19.1 Å². The molecule has 4 heteroatoms. The minimum atomic E-state index is -0.710. The Morgan fingerprint density at radius 2 is 2.20 bits per heavy atom. The second kappa shape index (κ2) is 4.94. The van der Waals surface area contributed by atoms with Gasteiger partial charge in [-0.2, -0.15) is 0 Å². The van der Waals surface area contributed by atoms with Crippen molar-refractivity contribution < 1.29 is 14.6 Å². The Morgan fingerprint density at radius 3 is 2.87 bits per heavy atom. The molecule has 2 rings (SSSR count). The van der Waals surface area contributed by atoms with E-state index in [1.54, 1.807) is 0 Å². The lowest BCUT2D eigenvalue weighted by Crippen LogP contribution is -2.38. The highest BCUT2D eigenvalue weighted by molar-refractivity contribution is 5.66. The second-order valence-electron chi connectivity index (χ2n) is 4.52. The minimum Gasteiger partial charge on any atom is -0.481 e. The van der Waals surface area contributed by atoms with E-state index in [1.807, 2.05) is 0 Å². The number of nitrogens with one attached hydrogen (secondary N) is 1. The van der Waals surface area contributed by atoms with Crippen LogP contribution in [0.4, 0.5) is 0 Å². The standard InChI is InChI=1S/C11H19NO3/c13-10(14)2-1-6-12-9-5-7-15-11(9)8-3-4-8/h8-9,11-12H,1-7H2,(H,13,14). The van der Waals surface area contributed by atoms with Crippen LogP contribution < -0.4 is 5.32 Å². The molecule has 1 heterocycles. The molecule has 2 aliphatic rings. The number of carboxylic acids is 1. The molecule has 1 saturated carbocycles. The van der Waals surface area contributed by atoms with Gasteiger partial charge in [0.15, 0.2) is 0 Å². The summed E-state index contributed by atoms with van der Waals surface area (Å²) in [6.07, 6.45) is 5.05. The minimum absolute atomic E-state index is 0.259. The Morgan fingerprint density at radius 1 is 1.40 bits per heavy atom. The summed E-state index contributed by atoms with van der Waals surface area (Å²) in [6, 6.07) is 0.464. The van der Waals surface area contributed by atoms with Crippen LogP contribution in [0, 0.1) is 5.92 Å². The normalized spacial score (nSPS) is 30.7. The number of carboxylic acid groups (broad SMARTS) is 1. The van der Waals surface area contributed by atoms with E-state index in [4.69, 9.17) is 9.84 Å². The van der Waals surface area contributed by atoms with Gasteiger partial charge in [-0.15, -0.1) is 0 Å². The van der Waals surface area contributed by atoms with E-state index in [1.165, 1.54) is 12.8 Å². The number of carbonyl (C=O) groups is 1. The molecule has 86 valence electrons. The number of aliphatic carboxylic acids is 1. The molecule has 0 radical (unpaired) electrons. The SMILES string of the molecule is O=C(O)CCCNC1CCOC1C1CC1. The summed E-state index contributed by atoms with van der Waals surface area (Å²) in [6.45, 7) is 1.65. The van der Waals surface area contributed by atoms with E-state index in [0.29, 0.717) is 18.6 Å². The highest BCUT2D eigenvalue weighted by atomic mass is 16.5. The van der Waals surface area contributed by atoms with Gasteiger partial charge in [-0.05, 0) is 38.1 Å². The van der Waals surface area contributed by atoms with E-state index in [-0.39, 0.29) is 6.42 Å². The molecule has 4 nitrogen and oxygen atoms in total. The number of rotatable bonds is 6. The Kier molecular flexibility index (Phi) is 3.59. The van der Waals surface area contributed by atoms with E-state index in [9.17, 15) is 4.79 Å². The van der Waals surface area contributed by atoms with Crippen molar-refractivity contribution in [3.05, 3.63) is 0 Å². The van der Waals surface area contributed by atoms with Crippen molar-refractivity contribution in [1.29, 1.82) is 0 Å². The summed E-state index contributed by atoms with van der Waals surface area (Å²) < 4.78 is 5.69. The van der Waals surface area contributed by atoms with E-state index >= 15 is 0 Å². The van der Waals surface area contributed by atoms with Crippen LogP contribution in [0.2, 0.25) is 0 Å². The van der Waals surface area contributed by atoms with Crippen molar-refractivity contribution in [2.75, 3.05) is 13.2 Å². The first-order valence-corrected chi connectivity index (χ1v) is 5.84. The first-order valence-electron chi connectivity index (χ1n) is 5.84. The van der Waals surface area contributed by atoms with Gasteiger partial charge in [0.25, 0.3) is 0 Å². The average molecular weight is 213 g/mol. The van der Waals surface area contributed by atoms with Crippen LogP contribution in [-0.4, -0.2) is 36.4 Å². The van der Waals surface area contributed by atoms with Crippen molar-refractivity contribution in [2.45, 2.75) is 44.2 Å². The zero-order valence-electron chi connectivity index (χ0n) is 8.95. The fourth-order valence-corrected chi connectivity index (χ4v) is 2.25. The van der Waals surface area contributed by atoms with Crippen LogP contribution in [-0.2, 0) is 9.53 Å². The number of hydrogen-bond donors (Lipinski definition) is 2. The molecule has 15 heavy (non-hydrogen) atoms. The van der Waals surface area contributed by atoms with Crippen LogP contribution in [0.3, 0.4) is 0 Å². The molecule has 1 saturated heterocycles. The molecule has 2 unspecified atom stereocenters. The van der Waals surface area contributed by atoms with Gasteiger partial charge in [0.2, 0.25) is 0 Å². The van der Waals surface area contributed by atoms with Gasteiger partial charge in [-0.1, -0.05) is 0 Å². The molecule has 0 aromatic carbocycles. The maximum absolute atomic E-state index is 10.3. The maximum Gasteiger partial charge on any atom is 0.303 e. The van der Waals surface area contributed by atoms with E-state index < -0.39 is 5.97 Å². The van der Waals surface area contributed by atoms with Crippen molar-refractivity contribution in [2.24, 2.45) is 5.92 Å². The molecule has 1 aliphatic heterocycles. The third-order valence-corrected chi connectivity index (χ3v) is 3.20. The van der Waals surface area contributed by atoms with Gasteiger partial charge in [-0.3, -0.25) is 4.79 Å². The summed E-state index contributed by atoms with van der Waals surface area (Å²) in [5.41, 5.74) is 0. The molecular weight excluding hydrogens is 194 g/mol. The van der Waals surface area contributed by atoms with E-state index in [2.05, 4.69) is 5.32 Å². The lowest BCUT2D eigenvalue weighted by atomic mass is 10.1. The maximum atomic E-state index is 10.3. The van der Waals surface area contributed by atoms with Crippen molar-refractivity contribution in [3.63, 3.8) is 0 Å². The monoisotopic (exact) mass is 213 g/mol. The zero-order chi connectivity index (χ0) is 10.7. The van der Waals surface area contributed by atoms with Crippen LogP contribution in [0.1, 0.15) is 32.1 Å². The molecule has 0 aromatic heterocycles. The molecule has 2 atom stereocenters. The summed E-state index contributed by atoms with van der Waals surface area (Å²) in [7, 11) is 0. The molecule has 2 N–H and O–H groups in total. The molecule has 0 bridgehead atoms. The predicted molar refractivity (Wildman–Crippen MR) is 55.7 cm³/mol. The zero-order valence-corrected chi connectivity index (χ0v) is 8.95. The van der Waals surface area contributed by atoms with Gasteiger partial charge >= 0.3 is 5.97 Å². The quantitative estimate of drug-likeness (QED) is 0.646. The summed E-state index contributed by atoms with van der Waals surface area (Å²) >= 11 is 0. The van der Waals surface area contributed by atoms with Crippen molar-refractivity contribution in [3.8, 4) is 0 Å². The third kappa shape index (κ3) is 3.18. The van der Waals surface area contributed by atoms with Gasteiger partial charge in [0.05, 0.1) is 6.10 Å². The molecule has 0 aromatic rings. The van der Waals surface area contributed by atoms with Crippen LogP contribution in [0.25, 0.3) is 0 Å². The Labute approximate surface area is 90.0 Å². The largest absolute Gasteiger partial charge is 0.481 e. The number of hydrogen-bond acceptors (Lipinski definition) is 3. The first kappa shape index (κ1) is 10.9. The second-order valence-corrected chi connectivity index (χ2v) is 4.52.